The monoisotopic (exact) mass is 258 g/mol. The van der Waals surface area contributed by atoms with Crippen LogP contribution in [0.4, 0.5) is 13.2 Å². The fraction of sp³-hybridized carbons (Fsp3) is 0.538. The van der Waals surface area contributed by atoms with Crippen LogP contribution in [0.15, 0.2) is 30.3 Å². The number of nitrogens with two attached hydrogens (primary N) is 1. The summed E-state index contributed by atoms with van der Waals surface area (Å²) < 4.78 is 38.3. The molecule has 2 N–H and O–H groups in total. The lowest BCUT2D eigenvalue weighted by Crippen LogP contribution is -2.49. The Bertz CT molecular complexity index is 378. The molecule has 18 heavy (non-hydrogen) atoms. The Kier molecular flexibility index (Phi) is 3.92. The molecule has 1 aliphatic rings. The van der Waals surface area contributed by atoms with Crippen LogP contribution >= 0.6 is 0 Å². The number of rotatable bonds is 3. The highest BCUT2D eigenvalue weighted by Crippen LogP contribution is 2.32. The number of alkyl halides is 3. The van der Waals surface area contributed by atoms with Crippen LogP contribution in [-0.2, 0) is 0 Å². The second kappa shape index (κ2) is 5.28. The lowest BCUT2D eigenvalue weighted by molar-refractivity contribution is -0.178. The highest BCUT2D eigenvalue weighted by Gasteiger charge is 2.44. The number of nitrogens with zero attached hydrogens (tertiary/aromatic N) is 1. The summed E-state index contributed by atoms with van der Waals surface area (Å²) >= 11 is 0. The van der Waals surface area contributed by atoms with E-state index in [0.29, 0.717) is 13.1 Å². The Morgan fingerprint density at radius 3 is 2.50 bits per heavy atom. The molecule has 1 aromatic rings. The summed E-state index contributed by atoms with van der Waals surface area (Å²) in [6.45, 7) is 0.525. The Hall–Kier alpha value is -1.07. The van der Waals surface area contributed by atoms with Gasteiger partial charge in [-0.3, -0.25) is 4.90 Å². The largest absolute Gasteiger partial charge is 0.405 e. The smallest absolute Gasteiger partial charge is 0.329 e. The molecule has 0 aliphatic carbocycles. The van der Waals surface area contributed by atoms with Crippen LogP contribution in [0, 0.1) is 0 Å². The molecule has 2 rings (SSSR count). The molecule has 1 fully saturated rings. The van der Waals surface area contributed by atoms with E-state index in [1.165, 1.54) is 4.90 Å². The van der Waals surface area contributed by atoms with Gasteiger partial charge in [0, 0.05) is 13.1 Å². The van der Waals surface area contributed by atoms with Gasteiger partial charge in [-0.05, 0) is 24.4 Å². The predicted octanol–water partition coefficient (Wildman–Crippen LogP) is 2.37. The van der Waals surface area contributed by atoms with Crippen LogP contribution in [-0.4, -0.2) is 36.8 Å². The summed E-state index contributed by atoms with van der Waals surface area (Å²) in [4.78, 5) is 1.46. The van der Waals surface area contributed by atoms with Crippen molar-refractivity contribution in [3.63, 3.8) is 0 Å². The van der Waals surface area contributed by atoms with E-state index >= 15 is 0 Å². The van der Waals surface area contributed by atoms with Gasteiger partial charge in [-0.2, -0.15) is 13.2 Å². The van der Waals surface area contributed by atoms with Gasteiger partial charge < -0.3 is 5.73 Å². The molecule has 0 aromatic heterocycles. The second-order valence-corrected chi connectivity index (χ2v) is 4.68. The Morgan fingerprint density at radius 1 is 1.28 bits per heavy atom. The summed E-state index contributed by atoms with van der Waals surface area (Å²) in [5.41, 5.74) is 6.37. The van der Waals surface area contributed by atoms with Crippen molar-refractivity contribution in [3.05, 3.63) is 35.9 Å². The van der Waals surface area contributed by atoms with Gasteiger partial charge in [-0.15, -0.1) is 0 Å². The van der Waals surface area contributed by atoms with Crippen molar-refractivity contribution in [2.24, 2.45) is 5.73 Å². The fourth-order valence-electron chi connectivity index (χ4n) is 2.56. The lowest BCUT2D eigenvalue weighted by Gasteiger charge is -2.28. The molecule has 2 nitrogen and oxygen atoms in total. The van der Waals surface area contributed by atoms with Gasteiger partial charge in [0.25, 0.3) is 0 Å². The molecular formula is C13H17F3N2. The van der Waals surface area contributed by atoms with Crippen LogP contribution in [0.25, 0.3) is 0 Å². The zero-order valence-corrected chi connectivity index (χ0v) is 10.0. The summed E-state index contributed by atoms with van der Waals surface area (Å²) in [6, 6.07) is 8.18. The Balaban J connectivity index is 2.04. The van der Waals surface area contributed by atoms with E-state index in [2.05, 4.69) is 0 Å². The fourth-order valence-corrected chi connectivity index (χ4v) is 2.56. The molecular weight excluding hydrogens is 241 g/mol. The van der Waals surface area contributed by atoms with Crippen molar-refractivity contribution in [1.29, 1.82) is 0 Å². The van der Waals surface area contributed by atoms with E-state index in [0.717, 1.165) is 12.0 Å². The third-order valence-corrected chi connectivity index (χ3v) is 3.53. The molecule has 0 bridgehead atoms. The van der Waals surface area contributed by atoms with Gasteiger partial charge in [-0.25, -0.2) is 0 Å². The van der Waals surface area contributed by atoms with Gasteiger partial charge in [0.15, 0.2) is 0 Å². The predicted molar refractivity (Wildman–Crippen MR) is 64.3 cm³/mol. The molecule has 1 aromatic carbocycles. The van der Waals surface area contributed by atoms with Crippen molar-refractivity contribution in [2.45, 2.75) is 24.6 Å². The normalized spacial score (nSPS) is 23.2. The van der Waals surface area contributed by atoms with Gasteiger partial charge in [0.05, 0.1) is 0 Å². The van der Waals surface area contributed by atoms with Crippen molar-refractivity contribution >= 4 is 0 Å². The van der Waals surface area contributed by atoms with Crippen molar-refractivity contribution < 1.29 is 13.2 Å². The van der Waals surface area contributed by atoms with Crippen molar-refractivity contribution in [1.82, 2.24) is 4.90 Å². The van der Waals surface area contributed by atoms with E-state index in [1.54, 1.807) is 0 Å². The van der Waals surface area contributed by atoms with Crippen LogP contribution in [0.1, 0.15) is 17.9 Å². The van der Waals surface area contributed by atoms with E-state index in [1.807, 2.05) is 30.3 Å². The summed E-state index contributed by atoms with van der Waals surface area (Å²) in [5, 5.41) is 0. The van der Waals surface area contributed by atoms with Crippen LogP contribution in [0.3, 0.4) is 0 Å². The van der Waals surface area contributed by atoms with Crippen LogP contribution < -0.4 is 5.73 Å². The number of hydrogen-bond donors (Lipinski definition) is 1. The molecule has 0 saturated carbocycles. The van der Waals surface area contributed by atoms with Crippen molar-refractivity contribution in [3.8, 4) is 0 Å². The average molecular weight is 258 g/mol. The zero-order chi connectivity index (χ0) is 13.2. The third-order valence-electron chi connectivity index (χ3n) is 3.53. The van der Waals surface area contributed by atoms with E-state index in [4.69, 9.17) is 5.73 Å². The Labute approximate surface area is 105 Å². The highest BCUT2D eigenvalue weighted by molar-refractivity contribution is 5.21. The minimum atomic E-state index is -4.24. The average Bonchev–Trinajstić information content (AvgIpc) is 2.78. The molecule has 2 unspecified atom stereocenters. The molecule has 5 heteroatoms. The minimum Gasteiger partial charge on any atom is -0.329 e. The topological polar surface area (TPSA) is 29.3 Å². The maximum absolute atomic E-state index is 12.8. The molecule has 1 heterocycles. The zero-order valence-electron chi connectivity index (χ0n) is 10.0. The standard InChI is InChI=1S/C13H17F3N2/c14-13(15,16)12(8-17)18-7-6-11(9-18)10-4-2-1-3-5-10/h1-5,11-12H,6-9,17H2. The molecule has 2 atom stereocenters. The van der Waals surface area contributed by atoms with Gasteiger partial charge in [0.2, 0.25) is 0 Å². The molecule has 1 aliphatic heterocycles. The van der Waals surface area contributed by atoms with Crippen molar-refractivity contribution in [2.75, 3.05) is 19.6 Å². The first kappa shape index (κ1) is 13.4. The second-order valence-electron chi connectivity index (χ2n) is 4.68. The molecule has 1 saturated heterocycles. The summed E-state index contributed by atoms with van der Waals surface area (Å²) in [7, 11) is 0. The molecule has 0 amide bonds. The number of hydrogen-bond acceptors (Lipinski definition) is 2. The first-order valence-corrected chi connectivity index (χ1v) is 6.08. The molecule has 0 radical (unpaired) electrons. The molecule has 100 valence electrons. The number of likely N-dealkylation sites (tertiary alicyclic amines) is 1. The van der Waals surface area contributed by atoms with E-state index in [9.17, 15) is 13.2 Å². The summed E-state index contributed by atoms with van der Waals surface area (Å²) in [6.07, 6.45) is -3.48. The maximum atomic E-state index is 12.8. The van der Waals surface area contributed by atoms with Gasteiger partial charge in [0.1, 0.15) is 6.04 Å². The SMILES string of the molecule is NCC(N1CCC(c2ccccc2)C1)C(F)(F)F. The van der Waals surface area contributed by atoms with Gasteiger partial charge in [-0.1, -0.05) is 30.3 Å². The van der Waals surface area contributed by atoms with Gasteiger partial charge >= 0.3 is 6.18 Å². The quantitative estimate of drug-likeness (QED) is 0.901. The van der Waals surface area contributed by atoms with E-state index in [-0.39, 0.29) is 12.5 Å². The highest BCUT2D eigenvalue weighted by atomic mass is 19.4. The lowest BCUT2D eigenvalue weighted by atomic mass is 9.99. The molecule has 0 spiro atoms. The van der Waals surface area contributed by atoms with Crippen LogP contribution in [0.5, 0.6) is 0 Å². The maximum Gasteiger partial charge on any atom is 0.405 e. The minimum absolute atomic E-state index is 0.183. The van der Waals surface area contributed by atoms with E-state index < -0.39 is 12.2 Å². The Morgan fingerprint density at radius 2 is 1.94 bits per heavy atom. The number of halogens is 3. The first-order chi connectivity index (χ1) is 8.52. The summed E-state index contributed by atoms with van der Waals surface area (Å²) in [5.74, 6) is 0.183. The number of benzene rings is 1. The van der Waals surface area contributed by atoms with Crippen LogP contribution in [0.2, 0.25) is 0 Å². The first-order valence-electron chi connectivity index (χ1n) is 6.08. The third kappa shape index (κ3) is 2.84.